The first-order valence-electron chi connectivity index (χ1n) is 9.96. The number of rotatable bonds is 6. The van der Waals surface area contributed by atoms with Gasteiger partial charge in [-0.05, 0) is 36.1 Å². The number of aromatic nitrogens is 2. The number of hydrogen-bond donors (Lipinski definition) is 1. The normalized spacial score (nSPS) is 13.5. The molecule has 0 radical (unpaired) electrons. The van der Waals surface area contributed by atoms with Crippen molar-refractivity contribution in [2.45, 2.75) is 45.3 Å². The number of nitrogens with zero attached hydrogens (tertiary/aromatic N) is 2. The third kappa shape index (κ3) is 4.87. The molecule has 30 heavy (non-hydrogen) atoms. The number of ether oxygens (including phenoxy) is 1. The van der Waals surface area contributed by atoms with E-state index >= 15 is 0 Å². The second-order valence-corrected chi connectivity index (χ2v) is 8.40. The van der Waals surface area contributed by atoms with Crippen LogP contribution in [0.1, 0.15) is 50.7 Å². The molecule has 1 N–H and O–H groups in total. The lowest BCUT2D eigenvalue weighted by Crippen LogP contribution is -2.40. The Balaban J connectivity index is 1.81. The molecule has 0 aliphatic heterocycles. The van der Waals surface area contributed by atoms with Crippen molar-refractivity contribution in [3.63, 3.8) is 0 Å². The van der Waals surface area contributed by atoms with Crippen LogP contribution in [0, 0.1) is 5.82 Å². The molecule has 5 nitrogen and oxygen atoms in total. The van der Waals surface area contributed by atoms with Gasteiger partial charge in [0, 0.05) is 25.0 Å². The first-order chi connectivity index (χ1) is 14.2. The number of hydrogen-bond acceptors (Lipinski definition) is 3. The number of halogens is 1. The summed E-state index contributed by atoms with van der Waals surface area (Å²) in [6.07, 6.45) is 2.61. The highest BCUT2D eigenvalue weighted by Gasteiger charge is 2.26. The quantitative estimate of drug-likeness (QED) is 0.651. The molecule has 0 bridgehead atoms. The minimum Gasteiger partial charge on any atom is -0.481 e. The van der Waals surface area contributed by atoms with E-state index < -0.39 is 18.0 Å². The second kappa shape index (κ2) is 8.69. The highest BCUT2D eigenvalue weighted by atomic mass is 19.1. The Hall–Kier alpha value is -3.15. The molecule has 1 amide bonds. The van der Waals surface area contributed by atoms with Crippen LogP contribution in [-0.2, 0) is 17.3 Å². The lowest BCUT2D eigenvalue weighted by Gasteiger charge is -2.23. The number of nitrogens with one attached hydrogen (secondary N) is 1. The molecule has 0 fully saturated rings. The zero-order valence-electron chi connectivity index (χ0n) is 18.0. The van der Waals surface area contributed by atoms with E-state index in [0.717, 1.165) is 5.56 Å². The first-order valence-corrected chi connectivity index (χ1v) is 9.96. The van der Waals surface area contributed by atoms with Crippen molar-refractivity contribution in [1.82, 2.24) is 14.9 Å². The van der Waals surface area contributed by atoms with Gasteiger partial charge in [0.05, 0.1) is 0 Å². The number of benzene rings is 2. The van der Waals surface area contributed by atoms with Crippen molar-refractivity contribution < 1.29 is 13.9 Å². The Labute approximate surface area is 176 Å². The summed E-state index contributed by atoms with van der Waals surface area (Å²) in [7, 11) is 1.81. The summed E-state index contributed by atoms with van der Waals surface area (Å²) in [5, 5.41) is 2.89. The van der Waals surface area contributed by atoms with Gasteiger partial charge in [0.2, 0.25) is 0 Å². The minimum absolute atomic E-state index is 0.0288. The Morgan fingerprint density at radius 3 is 2.53 bits per heavy atom. The lowest BCUT2D eigenvalue weighted by molar-refractivity contribution is -0.127. The van der Waals surface area contributed by atoms with E-state index in [1.165, 1.54) is 6.07 Å². The molecule has 2 atom stereocenters. The van der Waals surface area contributed by atoms with Crippen molar-refractivity contribution in [3.05, 3.63) is 83.7 Å². The molecule has 1 heterocycles. The van der Waals surface area contributed by atoms with Gasteiger partial charge in [-0.2, -0.15) is 0 Å². The molecular weight excluding hydrogens is 381 g/mol. The van der Waals surface area contributed by atoms with Gasteiger partial charge < -0.3 is 14.6 Å². The van der Waals surface area contributed by atoms with Crippen LogP contribution in [-0.4, -0.2) is 21.6 Å². The molecule has 0 unspecified atom stereocenters. The fourth-order valence-corrected chi connectivity index (χ4v) is 3.20. The molecule has 158 valence electrons. The Bertz CT molecular complexity index is 1020. The third-order valence-electron chi connectivity index (χ3n) is 5.00. The molecule has 0 aliphatic rings. The molecule has 2 aromatic carbocycles. The highest BCUT2D eigenvalue weighted by molar-refractivity contribution is 5.81. The molecular formula is C24H28FN3O2. The molecule has 6 heteroatoms. The van der Waals surface area contributed by atoms with Crippen molar-refractivity contribution in [2.24, 2.45) is 7.05 Å². The van der Waals surface area contributed by atoms with Crippen LogP contribution in [0.15, 0.2) is 60.9 Å². The van der Waals surface area contributed by atoms with Gasteiger partial charge in [-0.25, -0.2) is 9.37 Å². The Morgan fingerprint density at radius 2 is 1.90 bits per heavy atom. The highest BCUT2D eigenvalue weighted by Crippen LogP contribution is 2.27. The van der Waals surface area contributed by atoms with Crippen molar-refractivity contribution >= 4 is 5.91 Å². The molecule has 0 aliphatic carbocycles. The van der Waals surface area contributed by atoms with E-state index in [-0.39, 0.29) is 11.3 Å². The second-order valence-electron chi connectivity index (χ2n) is 8.40. The zero-order chi connectivity index (χ0) is 21.9. The van der Waals surface area contributed by atoms with Crippen LogP contribution in [0.2, 0.25) is 0 Å². The van der Waals surface area contributed by atoms with E-state index in [9.17, 15) is 9.18 Å². The molecule has 3 rings (SSSR count). The monoisotopic (exact) mass is 409 g/mol. The van der Waals surface area contributed by atoms with E-state index in [1.807, 2.05) is 24.3 Å². The molecule has 0 saturated carbocycles. The standard InChI is InChI=1S/C24H28FN3O2/c1-16(30-18-10-8-9-17(15-18)24(2,3)4)23(29)27-21(22-26-13-14-28(22)5)19-11-6-7-12-20(19)25/h6-16,21H,1-5H3,(H,27,29)/t16-,21+/m1/s1. The summed E-state index contributed by atoms with van der Waals surface area (Å²) in [4.78, 5) is 17.2. The Kier molecular flexibility index (Phi) is 6.25. The van der Waals surface area contributed by atoms with E-state index in [1.54, 1.807) is 49.1 Å². The van der Waals surface area contributed by atoms with Gasteiger partial charge in [0.15, 0.2) is 6.10 Å². The number of imidazole rings is 1. The van der Waals surface area contributed by atoms with Gasteiger partial charge >= 0.3 is 0 Å². The molecule has 0 spiro atoms. The molecule has 0 saturated heterocycles. The smallest absolute Gasteiger partial charge is 0.261 e. The molecule has 1 aromatic heterocycles. The van der Waals surface area contributed by atoms with E-state index in [2.05, 4.69) is 31.1 Å². The van der Waals surface area contributed by atoms with Crippen LogP contribution >= 0.6 is 0 Å². The van der Waals surface area contributed by atoms with Gasteiger partial charge in [-0.3, -0.25) is 4.79 Å². The predicted octanol–water partition coefficient (Wildman–Crippen LogP) is 4.53. The van der Waals surface area contributed by atoms with Gasteiger partial charge in [-0.1, -0.05) is 51.1 Å². The van der Waals surface area contributed by atoms with Gasteiger partial charge in [0.25, 0.3) is 5.91 Å². The summed E-state index contributed by atoms with van der Waals surface area (Å²) in [5.74, 6) is 0.393. The summed E-state index contributed by atoms with van der Waals surface area (Å²) >= 11 is 0. The van der Waals surface area contributed by atoms with Gasteiger partial charge in [0.1, 0.15) is 23.4 Å². The topological polar surface area (TPSA) is 56.1 Å². The maximum Gasteiger partial charge on any atom is 0.261 e. The van der Waals surface area contributed by atoms with E-state index in [0.29, 0.717) is 17.1 Å². The van der Waals surface area contributed by atoms with Crippen molar-refractivity contribution in [1.29, 1.82) is 0 Å². The minimum atomic E-state index is -0.769. The third-order valence-corrected chi connectivity index (χ3v) is 5.00. The van der Waals surface area contributed by atoms with Crippen LogP contribution in [0.3, 0.4) is 0 Å². The van der Waals surface area contributed by atoms with E-state index in [4.69, 9.17) is 4.74 Å². The SMILES string of the molecule is C[C@@H](Oc1cccc(C(C)(C)C)c1)C(=O)N[C@@H](c1ccccc1F)c1nccn1C. The van der Waals surface area contributed by atoms with Crippen LogP contribution in [0.25, 0.3) is 0 Å². The maximum absolute atomic E-state index is 14.5. The van der Waals surface area contributed by atoms with Crippen molar-refractivity contribution in [3.8, 4) is 5.75 Å². The fourth-order valence-electron chi connectivity index (χ4n) is 3.20. The average Bonchev–Trinajstić information content (AvgIpc) is 3.12. The zero-order valence-corrected chi connectivity index (χ0v) is 18.0. The summed E-state index contributed by atoms with van der Waals surface area (Å²) in [6, 6.07) is 13.4. The lowest BCUT2D eigenvalue weighted by atomic mass is 9.87. The summed E-state index contributed by atoms with van der Waals surface area (Å²) in [5.41, 5.74) is 1.44. The summed E-state index contributed by atoms with van der Waals surface area (Å²) in [6.45, 7) is 8.03. The van der Waals surface area contributed by atoms with Crippen LogP contribution in [0.4, 0.5) is 4.39 Å². The predicted molar refractivity (Wildman–Crippen MR) is 115 cm³/mol. The Morgan fingerprint density at radius 1 is 1.17 bits per heavy atom. The number of amides is 1. The van der Waals surface area contributed by atoms with Crippen LogP contribution in [0.5, 0.6) is 5.75 Å². The number of aryl methyl sites for hydroxylation is 1. The molecule has 3 aromatic rings. The van der Waals surface area contributed by atoms with Crippen molar-refractivity contribution in [2.75, 3.05) is 0 Å². The summed E-state index contributed by atoms with van der Waals surface area (Å²) < 4.78 is 22.2. The number of carbonyl (C=O) groups is 1. The number of carbonyl (C=O) groups excluding carboxylic acids is 1. The maximum atomic E-state index is 14.5. The van der Waals surface area contributed by atoms with Crippen LogP contribution < -0.4 is 10.1 Å². The fraction of sp³-hybridized carbons (Fsp3) is 0.333. The first kappa shape index (κ1) is 21.6. The largest absolute Gasteiger partial charge is 0.481 e. The average molecular weight is 410 g/mol. The van der Waals surface area contributed by atoms with Gasteiger partial charge in [-0.15, -0.1) is 0 Å².